The van der Waals surface area contributed by atoms with Crippen molar-refractivity contribution in [1.29, 1.82) is 5.26 Å². The van der Waals surface area contributed by atoms with Crippen molar-refractivity contribution in [2.24, 2.45) is 7.05 Å². The van der Waals surface area contributed by atoms with Crippen LogP contribution >= 0.6 is 0 Å². The maximum Gasteiger partial charge on any atom is 0.407 e. The van der Waals surface area contributed by atoms with Crippen molar-refractivity contribution in [3.63, 3.8) is 0 Å². The number of carbonyl (C=O) groups excluding carboxylic acids is 1. The molecule has 1 amide bonds. The number of nitrogens with zero attached hydrogens (tertiary/aromatic N) is 5. The number of anilines is 1. The summed E-state index contributed by atoms with van der Waals surface area (Å²) in [7, 11) is 1.70. The molecule has 0 bridgehead atoms. The number of nitriles is 1. The molecule has 9 heteroatoms. The third kappa shape index (κ3) is 4.87. The molecule has 35 heavy (non-hydrogen) atoms. The van der Waals surface area contributed by atoms with Crippen LogP contribution in [0.2, 0.25) is 0 Å². The van der Waals surface area contributed by atoms with Crippen LogP contribution in [0.1, 0.15) is 51.8 Å². The normalized spacial score (nSPS) is 16.2. The standard InChI is InChI=1S/C26H32N6O3/c1-6-18-14-21(31-13-9-11-19(16-31)29-24(33)35-26(2,3)4)22-23(28-18)30(5)25(34)32(22)20-12-8-7-10-17(20)15-27/h7-8,10,12,14,19H,6,9,11,13,16H2,1-5H3,(H,29,33)/t19-/m1/s1. The number of aryl methyl sites for hydroxylation is 2. The number of fused-ring (bicyclic) bond motifs is 1. The van der Waals surface area contributed by atoms with E-state index in [9.17, 15) is 14.9 Å². The van der Waals surface area contributed by atoms with Gasteiger partial charge in [-0.05, 0) is 58.2 Å². The van der Waals surface area contributed by atoms with E-state index < -0.39 is 11.7 Å². The van der Waals surface area contributed by atoms with Crippen LogP contribution in [0.15, 0.2) is 35.1 Å². The number of carbonyl (C=O) groups is 1. The number of alkyl carbamates (subject to hydrolysis) is 1. The Bertz CT molecular complexity index is 1360. The van der Waals surface area contributed by atoms with Crippen molar-refractivity contribution < 1.29 is 9.53 Å². The number of ether oxygens (including phenoxy) is 1. The third-order valence-corrected chi connectivity index (χ3v) is 6.14. The van der Waals surface area contributed by atoms with E-state index in [2.05, 4.69) is 16.3 Å². The van der Waals surface area contributed by atoms with E-state index >= 15 is 0 Å². The molecule has 0 aliphatic carbocycles. The zero-order chi connectivity index (χ0) is 25.3. The van der Waals surface area contributed by atoms with Crippen LogP contribution in [0, 0.1) is 11.3 Å². The number of hydrogen-bond acceptors (Lipinski definition) is 6. The largest absolute Gasteiger partial charge is 0.444 e. The fraction of sp³-hybridized carbons (Fsp3) is 0.462. The second kappa shape index (κ2) is 9.45. The van der Waals surface area contributed by atoms with Crippen molar-refractivity contribution in [3.05, 3.63) is 52.1 Å². The van der Waals surface area contributed by atoms with Crippen molar-refractivity contribution in [3.8, 4) is 11.8 Å². The highest BCUT2D eigenvalue weighted by molar-refractivity contribution is 5.89. The Hall–Kier alpha value is -3.80. The Morgan fingerprint density at radius 2 is 2.03 bits per heavy atom. The lowest BCUT2D eigenvalue weighted by Crippen LogP contribution is -2.49. The Balaban J connectivity index is 1.81. The lowest BCUT2D eigenvalue weighted by molar-refractivity contribution is 0.0500. The molecule has 0 spiro atoms. The van der Waals surface area contributed by atoms with Gasteiger partial charge in [-0.15, -0.1) is 0 Å². The van der Waals surface area contributed by atoms with Crippen molar-refractivity contribution in [2.75, 3.05) is 18.0 Å². The van der Waals surface area contributed by atoms with Gasteiger partial charge in [0.05, 0.1) is 16.9 Å². The highest BCUT2D eigenvalue weighted by Gasteiger charge is 2.28. The molecule has 3 aromatic rings. The number of imidazole rings is 1. The minimum absolute atomic E-state index is 0.0952. The van der Waals surface area contributed by atoms with Crippen LogP contribution in [-0.2, 0) is 18.2 Å². The van der Waals surface area contributed by atoms with Gasteiger partial charge < -0.3 is 15.0 Å². The van der Waals surface area contributed by atoms with Gasteiger partial charge in [0.1, 0.15) is 17.2 Å². The summed E-state index contributed by atoms with van der Waals surface area (Å²) >= 11 is 0. The van der Waals surface area contributed by atoms with E-state index in [1.165, 1.54) is 4.57 Å². The summed E-state index contributed by atoms with van der Waals surface area (Å²) in [6.45, 7) is 8.90. The van der Waals surface area contributed by atoms with Crippen molar-refractivity contribution in [1.82, 2.24) is 19.4 Å². The quantitative estimate of drug-likeness (QED) is 0.616. The zero-order valence-electron chi connectivity index (χ0n) is 21.0. The molecular weight excluding hydrogens is 444 g/mol. The second-order valence-electron chi connectivity index (χ2n) is 9.90. The Morgan fingerprint density at radius 1 is 1.29 bits per heavy atom. The van der Waals surface area contributed by atoms with Gasteiger partial charge in [-0.25, -0.2) is 14.6 Å². The number of hydrogen-bond donors (Lipinski definition) is 1. The van der Waals surface area contributed by atoms with Gasteiger partial charge in [0.15, 0.2) is 5.65 Å². The van der Waals surface area contributed by atoms with Crippen LogP contribution in [0.3, 0.4) is 0 Å². The van der Waals surface area contributed by atoms with Gasteiger partial charge in [-0.2, -0.15) is 5.26 Å². The fourth-order valence-electron chi connectivity index (χ4n) is 4.54. The molecule has 9 nitrogen and oxygen atoms in total. The molecule has 0 unspecified atom stereocenters. The first-order valence-electron chi connectivity index (χ1n) is 12.0. The number of amides is 1. The molecule has 1 N–H and O–H groups in total. The number of aromatic nitrogens is 3. The lowest BCUT2D eigenvalue weighted by Gasteiger charge is -2.35. The third-order valence-electron chi connectivity index (χ3n) is 6.14. The summed E-state index contributed by atoms with van der Waals surface area (Å²) in [5.74, 6) is 0. The number of para-hydroxylation sites is 1. The molecule has 3 heterocycles. The number of rotatable bonds is 4. The molecule has 0 saturated carbocycles. The van der Waals surface area contributed by atoms with Crippen LogP contribution in [0.25, 0.3) is 16.9 Å². The number of benzene rings is 1. The van der Waals surface area contributed by atoms with E-state index in [0.29, 0.717) is 35.4 Å². The molecule has 1 aromatic carbocycles. The van der Waals surface area contributed by atoms with E-state index in [1.807, 2.05) is 39.8 Å². The van der Waals surface area contributed by atoms with E-state index in [-0.39, 0.29) is 11.7 Å². The topological polar surface area (TPSA) is 105 Å². The van der Waals surface area contributed by atoms with Gasteiger partial charge in [0.25, 0.3) is 0 Å². The summed E-state index contributed by atoms with van der Waals surface area (Å²) in [4.78, 5) is 32.8. The SMILES string of the molecule is CCc1cc(N2CCC[C@@H](NC(=O)OC(C)(C)C)C2)c2c(n1)n(C)c(=O)n2-c1ccccc1C#N. The first kappa shape index (κ1) is 24.3. The molecule has 1 aliphatic rings. The molecule has 4 rings (SSSR count). The average molecular weight is 477 g/mol. The van der Waals surface area contributed by atoms with Gasteiger partial charge in [-0.3, -0.25) is 9.13 Å². The maximum atomic E-state index is 13.4. The Morgan fingerprint density at radius 3 is 2.71 bits per heavy atom. The van der Waals surface area contributed by atoms with Crippen LogP contribution in [0.4, 0.5) is 10.5 Å². The minimum Gasteiger partial charge on any atom is -0.444 e. The smallest absolute Gasteiger partial charge is 0.407 e. The predicted molar refractivity (Wildman–Crippen MR) is 135 cm³/mol. The van der Waals surface area contributed by atoms with Crippen molar-refractivity contribution in [2.45, 2.75) is 58.6 Å². The average Bonchev–Trinajstić information content (AvgIpc) is 3.07. The molecule has 1 saturated heterocycles. The first-order valence-corrected chi connectivity index (χ1v) is 12.0. The highest BCUT2D eigenvalue weighted by Crippen LogP contribution is 2.31. The molecular formula is C26H32N6O3. The molecule has 1 aliphatic heterocycles. The molecule has 1 fully saturated rings. The van der Waals surface area contributed by atoms with Gasteiger partial charge in [0.2, 0.25) is 0 Å². The first-order chi connectivity index (χ1) is 16.6. The summed E-state index contributed by atoms with van der Waals surface area (Å²) in [5.41, 5.74) is 3.08. The van der Waals surface area contributed by atoms with E-state index in [0.717, 1.165) is 30.8 Å². The Kier molecular flexibility index (Phi) is 6.57. The van der Waals surface area contributed by atoms with Crippen molar-refractivity contribution >= 4 is 22.9 Å². The Labute approximate surface area is 204 Å². The zero-order valence-corrected chi connectivity index (χ0v) is 21.0. The lowest BCUT2D eigenvalue weighted by atomic mass is 10.0. The number of nitrogens with one attached hydrogen (secondary N) is 1. The van der Waals surface area contributed by atoms with Crippen LogP contribution < -0.4 is 15.9 Å². The van der Waals surface area contributed by atoms with Gasteiger partial charge in [-0.1, -0.05) is 19.1 Å². The molecule has 184 valence electrons. The number of pyridine rings is 1. The monoisotopic (exact) mass is 476 g/mol. The van der Waals surface area contributed by atoms with Crippen LogP contribution in [0.5, 0.6) is 0 Å². The molecule has 2 aromatic heterocycles. The maximum absolute atomic E-state index is 13.4. The van der Waals surface area contributed by atoms with E-state index in [1.54, 1.807) is 29.8 Å². The fourth-order valence-corrected chi connectivity index (χ4v) is 4.54. The highest BCUT2D eigenvalue weighted by atomic mass is 16.6. The molecule has 1 atom stereocenters. The summed E-state index contributed by atoms with van der Waals surface area (Å²) < 4.78 is 8.57. The van der Waals surface area contributed by atoms with Gasteiger partial charge in [0, 0.05) is 31.9 Å². The summed E-state index contributed by atoms with van der Waals surface area (Å²) in [5, 5.41) is 12.7. The second-order valence-corrected chi connectivity index (χ2v) is 9.90. The van der Waals surface area contributed by atoms with E-state index in [4.69, 9.17) is 9.72 Å². The van der Waals surface area contributed by atoms with Gasteiger partial charge >= 0.3 is 11.8 Å². The minimum atomic E-state index is -0.569. The van der Waals surface area contributed by atoms with Crippen LogP contribution in [-0.4, -0.2) is 44.9 Å². The predicted octanol–water partition coefficient (Wildman–Crippen LogP) is 3.65. The summed E-state index contributed by atoms with van der Waals surface area (Å²) in [6.07, 6.45) is 1.99. The summed E-state index contributed by atoms with van der Waals surface area (Å²) in [6, 6.07) is 11.2. The number of piperidine rings is 1. The molecule has 0 radical (unpaired) electrons.